The van der Waals surface area contributed by atoms with Crippen LogP contribution in [0, 0.1) is 6.92 Å². The molecule has 0 aliphatic carbocycles. The van der Waals surface area contributed by atoms with Crippen molar-refractivity contribution in [3.8, 4) is 0 Å². The van der Waals surface area contributed by atoms with Crippen LogP contribution in [-0.4, -0.2) is 54.7 Å². The van der Waals surface area contributed by atoms with E-state index in [4.69, 9.17) is 4.18 Å². The number of aliphatic hydroxyl groups is 1. The molecule has 1 heterocycles. The summed E-state index contributed by atoms with van der Waals surface area (Å²) < 4.78 is 30.5. The average molecular weight is 461 g/mol. The monoisotopic (exact) mass is 460 g/mol. The number of benzene rings is 2. The molecule has 0 bridgehead atoms. The maximum Gasteiger partial charge on any atom is 0.297 e. The fourth-order valence-electron chi connectivity index (χ4n) is 3.76. The van der Waals surface area contributed by atoms with Crippen molar-refractivity contribution in [2.75, 3.05) is 6.61 Å². The van der Waals surface area contributed by atoms with Gasteiger partial charge in [-0.15, -0.1) is 0 Å². The van der Waals surface area contributed by atoms with Gasteiger partial charge in [-0.1, -0.05) is 48.0 Å². The fraction of sp³-hybridized carbons (Fsp3) is 0.458. The third kappa shape index (κ3) is 6.16. The molecular weight excluding hydrogens is 428 g/mol. The second-order valence-electron chi connectivity index (χ2n) is 9.35. The second-order valence-corrected chi connectivity index (χ2v) is 11.0. The maximum absolute atomic E-state index is 12.6. The standard InChI is InChI=1S/C24H32N2O5S/c1-17-10-12-20(13-11-17)32(29,30)31-16-19-14-21(22(27)23(28)25-24(2,3)4)26(19)15-18-8-6-5-7-9-18/h5-13,19,21-22,27H,14-16H2,1-4H3,(H,25,28)/t19?,21?,22-/m1/s1. The zero-order valence-corrected chi connectivity index (χ0v) is 19.8. The second kappa shape index (κ2) is 9.70. The molecule has 0 saturated carbocycles. The largest absolute Gasteiger partial charge is 0.382 e. The smallest absolute Gasteiger partial charge is 0.297 e. The van der Waals surface area contributed by atoms with Crippen LogP contribution in [0.15, 0.2) is 59.5 Å². The molecule has 1 aliphatic rings. The van der Waals surface area contributed by atoms with Gasteiger partial charge in [-0.05, 0) is 51.8 Å². The van der Waals surface area contributed by atoms with Gasteiger partial charge < -0.3 is 10.4 Å². The van der Waals surface area contributed by atoms with Crippen LogP contribution in [0.5, 0.6) is 0 Å². The highest BCUT2D eigenvalue weighted by molar-refractivity contribution is 7.86. The molecule has 1 aliphatic heterocycles. The van der Waals surface area contributed by atoms with Gasteiger partial charge in [0.15, 0.2) is 0 Å². The van der Waals surface area contributed by atoms with Crippen molar-refractivity contribution in [2.24, 2.45) is 0 Å². The van der Waals surface area contributed by atoms with Gasteiger partial charge in [-0.3, -0.25) is 13.9 Å². The molecule has 8 heteroatoms. The van der Waals surface area contributed by atoms with E-state index in [1.165, 1.54) is 12.1 Å². The van der Waals surface area contributed by atoms with Crippen LogP contribution in [0.3, 0.4) is 0 Å². The van der Waals surface area contributed by atoms with Crippen LogP contribution < -0.4 is 5.32 Å². The lowest BCUT2D eigenvalue weighted by Crippen LogP contribution is -2.65. The van der Waals surface area contributed by atoms with Gasteiger partial charge in [0.25, 0.3) is 16.0 Å². The molecule has 1 fully saturated rings. The number of rotatable bonds is 8. The van der Waals surface area contributed by atoms with Crippen LogP contribution in [0.4, 0.5) is 0 Å². The molecule has 2 N–H and O–H groups in total. The lowest BCUT2D eigenvalue weighted by molar-refractivity contribution is -0.143. The highest BCUT2D eigenvalue weighted by atomic mass is 32.2. The number of carbonyl (C=O) groups is 1. The Hall–Kier alpha value is -2.26. The van der Waals surface area contributed by atoms with E-state index in [1.54, 1.807) is 12.1 Å². The lowest BCUT2D eigenvalue weighted by atomic mass is 9.87. The number of amides is 1. The highest BCUT2D eigenvalue weighted by Crippen LogP contribution is 2.32. The van der Waals surface area contributed by atoms with Crippen LogP contribution >= 0.6 is 0 Å². The van der Waals surface area contributed by atoms with Gasteiger partial charge in [-0.2, -0.15) is 8.42 Å². The highest BCUT2D eigenvalue weighted by Gasteiger charge is 2.45. The molecule has 2 unspecified atom stereocenters. The summed E-state index contributed by atoms with van der Waals surface area (Å²) in [6.45, 7) is 7.87. The molecule has 7 nitrogen and oxygen atoms in total. The average Bonchev–Trinajstić information content (AvgIpc) is 2.71. The number of hydrogen-bond donors (Lipinski definition) is 2. The summed E-state index contributed by atoms with van der Waals surface area (Å²) in [7, 11) is -3.89. The molecule has 0 spiro atoms. The van der Waals surface area contributed by atoms with Crippen molar-refractivity contribution >= 4 is 16.0 Å². The van der Waals surface area contributed by atoms with Crippen molar-refractivity contribution in [3.05, 3.63) is 65.7 Å². The number of carbonyl (C=O) groups excluding carboxylic acids is 1. The number of aliphatic hydroxyl groups excluding tert-OH is 1. The minimum Gasteiger partial charge on any atom is -0.382 e. The first-order valence-corrected chi connectivity index (χ1v) is 12.1. The van der Waals surface area contributed by atoms with Crippen molar-refractivity contribution < 1.29 is 22.5 Å². The molecule has 0 aromatic heterocycles. The zero-order valence-electron chi connectivity index (χ0n) is 19.0. The van der Waals surface area contributed by atoms with Crippen LogP contribution in [-0.2, 0) is 25.6 Å². The summed E-state index contributed by atoms with van der Waals surface area (Å²) in [6, 6.07) is 15.5. The topological polar surface area (TPSA) is 95.9 Å². The molecule has 2 aromatic carbocycles. The Bertz CT molecular complexity index is 1020. The van der Waals surface area contributed by atoms with Crippen LogP contribution in [0.25, 0.3) is 0 Å². The first-order chi connectivity index (χ1) is 15.0. The molecule has 0 radical (unpaired) electrons. The Morgan fingerprint density at radius 2 is 1.78 bits per heavy atom. The number of hydrogen-bond acceptors (Lipinski definition) is 6. The van der Waals surface area contributed by atoms with E-state index in [-0.39, 0.29) is 17.5 Å². The third-order valence-electron chi connectivity index (χ3n) is 5.47. The number of aryl methyl sites for hydroxylation is 1. The molecule has 1 amide bonds. The summed E-state index contributed by atoms with van der Waals surface area (Å²) in [5.41, 5.74) is 1.51. The van der Waals surface area contributed by atoms with Gasteiger partial charge >= 0.3 is 0 Å². The van der Waals surface area contributed by atoms with E-state index in [9.17, 15) is 18.3 Å². The Labute approximate surface area is 190 Å². The van der Waals surface area contributed by atoms with E-state index in [0.29, 0.717) is 13.0 Å². The first-order valence-electron chi connectivity index (χ1n) is 10.7. The zero-order chi connectivity index (χ0) is 23.5. The van der Waals surface area contributed by atoms with Crippen LogP contribution in [0.2, 0.25) is 0 Å². The van der Waals surface area contributed by atoms with E-state index >= 15 is 0 Å². The summed E-state index contributed by atoms with van der Waals surface area (Å²) in [6.07, 6.45) is -0.766. The summed E-state index contributed by atoms with van der Waals surface area (Å²) >= 11 is 0. The number of nitrogens with zero attached hydrogens (tertiary/aromatic N) is 1. The molecule has 3 rings (SSSR count). The Morgan fingerprint density at radius 3 is 2.38 bits per heavy atom. The van der Waals surface area contributed by atoms with Gasteiger partial charge in [-0.25, -0.2) is 0 Å². The van der Waals surface area contributed by atoms with Crippen molar-refractivity contribution in [3.63, 3.8) is 0 Å². The Balaban J connectivity index is 1.70. The van der Waals surface area contributed by atoms with Gasteiger partial charge in [0.2, 0.25) is 0 Å². The molecule has 2 aromatic rings. The van der Waals surface area contributed by atoms with Crippen LogP contribution in [0.1, 0.15) is 38.3 Å². The lowest BCUT2D eigenvalue weighted by Gasteiger charge is -2.50. The van der Waals surface area contributed by atoms with Crippen molar-refractivity contribution in [1.29, 1.82) is 0 Å². The SMILES string of the molecule is Cc1ccc(S(=O)(=O)OCC2CC([C@@H](O)C(=O)NC(C)(C)C)N2Cc2ccccc2)cc1. The Morgan fingerprint density at radius 1 is 1.16 bits per heavy atom. The van der Waals surface area contributed by atoms with Crippen molar-refractivity contribution in [1.82, 2.24) is 10.2 Å². The summed E-state index contributed by atoms with van der Waals surface area (Å²) in [5, 5.41) is 13.5. The molecule has 3 atom stereocenters. The quantitative estimate of drug-likeness (QED) is 0.588. The number of nitrogens with one attached hydrogen (secondary N) is 1. The van der Waals surface area contributed by atoms with Gasteiger partial charge in [0.1, 0.15) is 6.10 Å². The predicted octanol–water partition coefficient (Wildman–Crippen LogP) is 2.62. The predicted molar refractivity (Wildman–Crippen MR) is 122 cm³/mol. The van der Waals surface area contributed by atoms with Gasteiger partial charge in [0.05, 0.1) is 11.5 Å². The molecule has 1 saturated heterocycles. The fourth-order valence-corrected chi connectivity index (χ4v) is 4.70. The van der Waals surface area contributed by atoms with E-state index in [0.717, 1.165) is 11.1 Å². The third-order valence-corrected chi connectivity index (χ3v) is 6.77. The molecule has 32 heavy (non-hydrogen) atoms. The van der Waals surface area contributed by atoms with Gasteiger partial charge in [0, 0.05) is 24.2 Å². The number of likely N-dealkylation sites (tertiary alicyclic amines) is 1. The van der Waals surface area contributed by atoms with E-state index in [2.05, 4.69) is 5.32 Å². The summed E-state index contributed by atoms with van der Waals surface area (Å²) in [4.78, 5) is 14.6. The first kappa shape index (κ1) is 24.4. The van der Waals surface area contributed by atoms with E-state index in [1.807, 2.05) is 62.9 Å². The Kier molecular flexibility index (Phi) is 7.39. The maximum atomic E-state index is 12.6. The molecule has 174 valence electrons. The summed E-state index contributed by atoms with van der Waals surface area (Å²) in [5.74, 6) is -0.438. The molecular formula is C24H32N2O5S. The van der Waals surface area contributed by atoms with Crippen molar-refractivity contribution in [2.45, 2.75) is 69.3 Å². The minimum atomic E-state index is -3.89. The van der Waals surface area contributed by atoms with E-state index < -0.39 is 33.7 Å². The minimum absolute atomic E-state index is 0.0485. The normalized spacial score (nSPS) is 20.4.